The minimum Gasteiger partial charge on any atom is -0.386 e. The van der Waals surface area contributed by atoms with Gasteiger partial charge in [0, 0.05) is 5.70 Å². The third-order valence-corrected chi connectivity index (χ3v) is 2.33. The molecule has 0 aromatic heterocycles. The van der Waals surface area contributed by atoms with Gasteiger partial charge in [-0.05, 0) is 37.8 Å². The lowest BCUT2D eigenvalue weighted by Gasteiger charge is -2.20. The Labute approximate surface area is 99.6 Å². The van der Waals surface area contributed by atoms with Crippen molar-refractivity contribution in [2.45, 2.75) is 34.6 Å². The molecule has 2 heteroatoms. The third-order valence-electron chi connectivity index (χ3n) is 2.33. The molecule has 0 saturated heterocycles. The van der Waals surface area contributed by atoms with Gasteiger partial charge in [-0.25, -0.2) is 0 Å². The fourth-order valence-corrected chi connectivity index (χ4v) is 1.79. The molecule has 0 atom stereocenters. The standard InChI is InChI=1S/C14H24N2/c1-8-13(9(2)3)14(10(4)5)11(6)16-12(7)15/h8-9,16H,6-7,15H2,1-5H3/b13-8-. The molecule has 0 fully saturated rings. The summed E-state index contributed by atoms with van der Waals surface area (Å²) in [7, 11) is 0. The molecule has 0 aliphatic rings. The lowest BCUT2D eigenvalue weighted by Crippen LogP contribution is -2.20. The Morgan fingerprint density at radius 3 is 2.00 bits per heavy atom. The molecule has 0 radical (unpaired) electrons. The van der Waals surface area contributed by atoms with Crippen molar-refractivity contribution in [2.75, 3.05) is 0 Å². The van der Waals surface area contributed by atoms with Crippen LogP contribution < -0.4 is 11.1 Å². The van der Waals surface area contributed by atoms with Gasteiger partial charge in [-0.3, -0.25) is 0 Å². The van der Waals surface area contributed by atoms with E-state index in [9.17, 15) is 0 Å². The number of rotatable bonds is 5. The lowest BCUT2D eigenvalue weighted by atomic mass is 9.90. The Kier molecular flexibility index (Phi) is 5.65. The van der Waals surface area contributed by atoms with E-state index in [1.165, 1.54) is 11.1 Å². The molecule has 0 aliphatic heterocycles. The molecule has 0 bridgehead atoms. The van der Waals surface area contributed by atoms with E-state index in [0.29, 0.717) is 11.7 Å². The summed E-state index contributed by atoms with van der Waals surface area (Å²) in [6.07, 6.45) is 2.12. The van der Waals surface area contributed by atoms with Gasteiger partial charge >= 0.3 is 0 Å². The van der Waals surface area contributed by atoms with Crippen molar-refractivity contribution >= 4 is 0 Å². The van der Waals surface area contributed by atoms with Crippen molar-refractivity contribution in [3.8, 4) is 0 Å². The van der Waals surface area contributed by atoms with E-state index in [2.05, 4.69) is 52.2 Å². The lowest BCUT2D eigenvalue weighted by molar-refractivity contribution is 0.767. The van der Waals surface area contributed by atoms with E-state index in [0.717, 1.165) is 11.3 Å². The molecule has 0 unspecified atom stereocenters. The molecule has 0 amide bonds. The van der Waals surface area contributed by atoms with Gasteiger partial charge in [0.1, 0.15) is 0 Å². The van der Waals surface area contributed by atoms with Gasteiger partial charge in [0.25, 0.3) is 0 Å². The van der Waals surface area contributed by atoms with Crippen LogP contribution in [-0.4, -0.2) is 0 Å². The molecule has 0 rings (SSSR count). The van der Waals surface area contributed by atoms with Crippen LogP contribution in [0.25, 0.3) is 0 Å². The van der Waals surface area contributed by atoms with E-state index in [-0.39, 0.29) is 0 Å². The maximum atomic E-state index is 5.54. The van der Waals surface area contributed by atoms with Crippen LogP contribution in [0.3, 0.4) is 0 Å². The average molecular weight is 220 g/mol. The summed E-state index contributed by atoms with van der Waals surface area (Å²) in [5.41, 5.74) is 10.00. The summed E-state index contributed by atoms with van der Waals surface area (Å²) in [5.74, 6) is 0.877. The summed E-state index contributed by atoms with van der Waals surface area (Å²) < 4.78 is 0. The number of allylic oxidation sites excluding steroid dienone is 3. The first-order valence-corrected chi connectivity index (χ1v) is 5.56. The highest BCUT2D eigenvalue weighted by atomic mass is 15.0. The minimum atomic E-state index is 0.419. The fourth-order valence-electron chi connectivity index (χ4n) is 1.79. The zero-order valence-corrected chi connectivity index (χ0v) is 11.1. The molecule has 0 heterocycles. The van der Waals surface area contributed by atoms with Crippen LogP contribution in [0.2, 0.25) is 0 Å². The maximum absolute atomic E-state index is 5.54. The van der Waals surface area contributed by atoms with E-state index < -0.39 is 0 Å². The summed E-state index contributed by atoms with van der Waals surface area (Å²) in [4.78, 5) is 0. The SMILES string of the molecule is C=C(N)NC(=C)C(=C(C)C)/C(=C\C)C(C)C. The minimum absolute atomic E-state index is 0.419. The first-order valence-electron chi connectivity index (χ1n) is 5.56. The maximum Gasteiger partial charge on any atom is 0.0930 e. The van der Waals surface area contributed by atoms with Crippen molar-refractivity contribution < 1.29 is 0 Å². The highest BCUT2D eigenvalue weighted by Gasteiger charge is 2.13. The molecule has 0 saturated carbocycles. The summed E-state index contributed by atoms with van der Waals surface area (Å²) >= 11 is 0. The van der Waals surface area contributed by atoms with Crippen LogP contribution in [0.1, 0.15) is 34.6 Å². The van der Waals surface area contributed by atoms with Crippen LogP contribution in [-0.2, 0) is 0 Å². The van der Waals surface area contributed by atoms with Gasteiger partial charge in [0.05, 0.1) is 5.82 Å². The van der Waals surface area contributed by atoms with Crippen LogP contribution in [0.5, 0.6) is 0 Å². The Bertz CT molecular complexity index is 340. The molecule has 2 nitrogen and oxygen atoms in total. The highest BCUT2D eigenvalue weighted by Crippen LogP contribution is 2.26. The van der Waals surface area contributed by atoms with Crippen molar-refractivity contribution in [1.29, 1.82) is 0 Å². The van der Waals surface area contributed by atoms with E-state index in [4.69, 9.17) is 5.73 Å². The fraction of sp³-hybridized carbons (Fsp3) is 0.429. The van der Waals surface area contributed by atoms with Gasteiger partial charge in [-0.1, -0.05) is 38.7 Å². The molecular formula is C14H24N2. The quantitative estimate of drug-likeness (QED) is 0.696. The second-order valence-corrected chi connectivity index (χ2v) is 4.40. The molecule has 3 N–H and O–H groups in total. The summed E-state index contributed by atoms with van der Waals surface area (Å²) in [6.45, 7) is 18.2. The number of nitrogens with one attached hydrogen (secondary N) is 1. The van der Waals surface area contributed by atoms with Crippen LogP contribution in [0, 0.1) is 5.92 Å². The van der Waals surface area contributed by atoms with E-state index in [1.54, 1.807) is 0 Å². The molecule has 0 aliphatic carbocycles. The summed E-state index contributed by atoms with van der Waals surface area (Å²) in [5, 5.41) is 2.98. The second kappa shape index (κ2) is 6.21. The molecular weight excluding hydrogens is 196 g/mol. The van der Waals surface area contributed by atoms with Gasteiger partial charge < -0.3 is 11.1 Å². The van der Waals surface area contributed by atoms with Gasteiger partial charge in [-0.15, -0.1) is 0 Å². The van der Waals surface area contributed by atoms with Gasteiger partial charge in [-0.2, -0.15) is 0 Å². The van der Waals surface area contributed by atoms with Crippen molar-refractivity contribution in [3.05, 3.63) is 47.5 Å². The topological polar surface area (TPSA) is 38.0 Å². The van der Waals surface area contributed by atoms with Gasteiger partial charge in [0.2, 0.25) is 0 Å². The van der Waals surface area contributed by atoms with Crippen molar-refractivity contribution in [1.82, 2.24) is 5.32 Å². The zero-order valence-electron chi connectivity index (χ0n) is 11.1. The zero-order chi connectivity index (χ0) is 12.9. The van der Waals surface area contributed by atoms with E-state index in [1.807, 2.05) is 6.92 Å². The Hall–Kier alpha value is -1.44. The third kappa shape index (κ3) is 3.97. The van der Waals surface area contributed by atoms with Crippen molar-refractivity contribution in [2.24, 2.45) is 11.7 Å². The van der Waals surface area contributed by atoms with Gasteiger partial charge in [0.15, 0.2) is 0 Å². The summed E-state index contributed by atoms with van der Waals surface area (Å²) in [6, 6.07) is 0. The predicted molar refractivity (Wildman–Crippen MR) is 72.6 cm³/mol. The highest BCUT2D eigenvalue weighted by molar-refractivity contribution is 5.48. The van der Waals surface area contributed by atoms with Crippen LogP contribution >= 0.6 is 0 Å². The average Bonchev–Trinajstić information content (AvgIpc) is 2.10. The monoisotopic (exact) mass is 220 g/mol. The number of hydrogen-bond donors (Lipinski definition) is 2. The predicted octanol–water partition coefficient (Wildman–Crippen LogP) is 3.46. The van der Waals surface area contributed by atoms with Crippen LogP contribution in [0.15, 0.2) is 47.5 Å². The number of nitrogens with two attached hydrogens (primary N) is 1. The normalized spacial score (nSPS) is 11.2. The first kappa shape index (κ1) is 14.6. The first-order chi connectivity index (χ1) is 7.31. The Balaban J connectivity index is 5.28. The number of hydrogen-bond acceptors (Lipinski definition) is 2. The Morgan fingerprint density at radius 1 is 1.25 bits per heavy atom. The molecule has 0 spiro atoms. The second-order valence-electron chi connectivity index (χ2n) is 4.40. The molecule has 0 aromatic rings. The van der Waals surface area contributed by atoms with Crippen LogP contribution in [0.4, 0.5) is 0 Å². The smallest absolute Gasteiger partial charge is 0.0930 e. The molecule has 90 valence electrons. The Morgan fingerprint density at radius 2 is 1.75 bits per heavy atom. The largest absolute Gasteiger partial charge is 0.386 e. The van der Waals surface area contributed by atoms with E-state index >= 15 is 0 Å². The van der Waals surface area contributed by atoms with Crippen molar-refractivity contribution in [3.63, 3.8) is 0 Å². The molecule has 16 heavy (non-hydrogen) atoms. The molecule has 0 aromatic carbocycles.